The average molecular weight is 480 g/mol. The number of nitrogens with zero attached hydrogens (tertiary/aromatic N) is 4. The maximum absolute atomic E-state index is 12.7. The first-order valence-electron chi connectivity index (χ1n) is 10.3. The van der Waals surface area contributed by atoms with Crippen LogP contribution in [0.3, 0.4) is 0 Å². The number of aryl methyl sites for hydroxylation is 1. The lowest BCUT2D eigenvalue weighted by Gasteiger charge is -2.14. The van der Waals surface area contributed by atoms with Crippen LogP contribution in [0.1, 0.15) is 18.3 Å². The molecule has 0 radical (unpaired) electrons. The van der Waals surface area contributed by atoms with Gasteiger partial charge < -0.3 is 10.1 Å². The molecule has 0 aliphatic heterocycles. The number of carbonyl (C=O) groups is 1. The number of aromatic nitrogens is 4. The van der Waals surface area contributed by atoms with Gasteiger partial charge in [-0.2, -0.15) is 0 Å². The Morgan fingerprint density at radius 1 is 1.09 bits per heavy atom. The lowest BCUT2D eigenvalue weighted by Crippen LogP contribution is -2.23. The molecule has 33 heavy (non-hydrogen) atoms. The summed E-state index contributed by atoms with van der Waals surface area (Å²) in [5.74, 6) is 1.67. The van der Waals surface area contributed by atoms with E-state index in [1.165, 1.54) is 18.0 Å². The van der Waals surface area contributed by atoms with Crippen molar-refractivity contribution in [3.63, 3.8) is 0 Å². The molecule has 0 spiro atoms. The van der Waals surface area contributed by atoms with Crippen molar-refractivity contribution in [2.24, 2.45) is 0 Å². The second-order valence-electron chi connectivity index (χ2n) is 7.23. The Bertz CT molecular complexity index is 1230. The van der Waals surface area contributed by atoms with Crippen molar-refractivity contribution in [3.8, 4) is 11.4 Å². The topological polar surface area (TPSA) is 81.9 Å². The fourth-order valence-electron chi connectivity index (χ4n) is 3.06. The fourth-order valence-corrected chi connectivity index (χ4v) is 4.05. The van der Waals surface area contributed by atoms with Crippen molar-refractivity contribution in [1.82, 2.24) is 19.7 Å². The van der Waals surface area contributed by atoms with Gasteiger partial charge in [-0.05, 0) is 49.7 Å². The minimum Gasteiger partial charge on any atom is -0.485 e. The molecule has 0 fully saturated rings. The summed E-state index contributed by atoms with van der Waals surface area (Å²) in [7, 11) is 0. The smallest absolute Gasteiger partial charge is 0.238 e. The number of nitrogens with one attached hydrogen (secondary N) is 1. The van der Waals surface area contributed by atoms with Crippen LogP contribution in [0.4, 0.5) is 5.82 Å². The summed E-state index contributed by atoms with van der Waals surface area (Å²) in [4.78, 5) is 16.8. The van der Waals surface area contributed by atoms with Gasteiger partial charge >= 0.3 is 0 Å². The van der Waals surface area contributed by atoms with Gasteiger partial charge in [-0.3, -0.25) is 9.36 Å². The summed E-state index contributed by atoms with van der Waals surface area (Å²) in [5, 5.41) is 12.2. The third-order valence-corrected chi connectivity index (χ3v) is 6.06. The van der Waals surface area contributed by atoms with E-state index in [1.54, 1.807) is 12.1 Å². The molecular formula is C24H22ClN5O2S. The van der Waals surface area contributed by atoms with Crippen molar-refractivity contribution in [2.45, 2.75) is 30.9 Å². The van der Waals surface area contributed by atoms with Crippen LogP contribution in [0.2, 0.25) is 5.02 Å². The Hall–Kier alpha value is -3.36. The number of benzene rings is 2. The third-order valence-electron chi connectivity index (χ3n) is 4.80. The summed E-state index contributed by atoms with van der Waals surface area (Å²) >= 11 is 7.17. The van der Waals surface area contributed by atoms with Crippen LogP contribution in [0.15, 0.2) is 78.1 Å². The molecule has 2 aromatic heterocycles. The van der Waals surface area contributed by atoms with Crippen LogP contribution in [0, 0.1) is 6.92 Å². The van der Waals surface area contributed by atoms with Crippen LogP contribution in [-0.2, 0) is 11.4 Å². The van der Waals surface area contributed by atoms with Crippen LogP contribution >= 0.6 is 23.4 Å². The minimum absolute atomic E-state index is 0.199. The highest BCUT2D eigenvalue weighted by molar-refractivity contribution is 8.00. The Labute approximate surface area is 201 Å². The fraction of sp³-hybridized carbons (Fsp3) is 0.167. The summed E-state index contributed by atoms with van der Waals surface area (Å²) < 4.78 is 7.92. The first-order chi connectivity index (χ1) is 16.0. The third kappa shape index (κ3) is 5.71. The Morgan fingerprint density at radius 3 is 2.58 bits per heavy atom. The molecule has 168 valence electrons. The molecule has 2 heterocycles. The van der Waals surface area contributed by atoms with E-state index in [2.05, 4.69) is 20.5 Å². The molecule has 4 aromatic rings. The van der Waals surface area contributed by atoms with Crippen molar-refractivity contribution < 1.29 is 9.53 Å². The molecule has 0 saturated carbocycles. The molecule has 7 nitrogen and oxygen atoms in total. The number of para-hydroxylation sites is 2. The monoisotopic (exact) mass is 479 g/mol. The zero-order valence-electron chi connectivity index (χ0n) is 18.1. The number of pyridine rings is 1. The van der Waals surface area contributed by atoms with E-state index in [4.69, 9.17) is 16.3 Å². The molecule has 1 atom stereocenters. The number of thioether (sulfide) groups is 1. The highest BCUT2D eigenvalue weighted by atomic mass is 35.5. The van der Waals surface area contributed by atoms with Crippen molar-refractivity contribution in [3.05, 3.63) is 89.3 Å². The second-order valence-corrected chi connectivity index (χ2v) is 8.98. The average Bonchev–Trinajstić information content (AvgIpc) is 3.22. The molecule has 0 aliphatic rings. The van der Waals surface area contributed by atoms with Gasteiger partial charge in [0.2, 0.25) is 5.91 Å². The number of amides is 1. The molecule has 9 heteroatoms. The van der Waals surface area contributed by atoms with Gasteiger partial charge in [0, 0.05) is 11.9 Å². The van der Waals surface area contributed by atoms with E-state index in [0.717, 1.165) is 17.0 Å². The van der Waals surface area contributed by atoms with E-state index < -0.39 is 5.25 Å². The lowest BCUT2D eigenvalue weighted by atomic mass is 10.2. The van der Waals surface area contributed by atoms with Gasteiger partial charge in [0.1, 0.15) is 18.2 Å². The van der Waals surface area contributed by atoms with Crippen molar-refractivity contribution >= 4 is 35.1 Å². The van der Waals surface area contributed by atoms with E-state index in [-0.39, 0.29) is 12.5 Å². The van der Waals surface area contributed by atoms with Gasteiger partial charge in [-0.15, -0.1) is 10.2 Å². The normalized spacial score (nSPS) is 11.7. The van der Waals surface area contributed by atoms with Crippen molar-refractivity contribution in [2.75, 3.05) is 5.32 Å². The summed E-state index contributed by atoms with van der Waals surface area (Å²) in [6.07, 6.45) is 1.49. The maximum atomic E-state index is 12.7. The van der Waals surface area contributed by atoms with Crippen LogP contribution in [-0.4, -0.2) is 30.9 Å². The predicted octanol–water partition coefficient (Wildman–Crippen LogP) is 5.32. The number of ether oxygens (including phenoxy) is 1. The van der Waals surface area contributed by atoms with E-state index in [1.807, 2.05) is 73.0 Å². The zero-order valence-corrected chi connectivity index (χ0v) is 19.7. The molecule has 0 saturated heterocycles. The Balaban J connectivity index is 1.54. The summed E-state index contributed by atoms with van der Waals surface area (Å²) in [5.41, 5.74) is 1.93. The molecule has 0 bridgehead atoms. The summed E-state index contributed by atoms with van der Waals surface area (Å²) in [6.45, 7) is 4.04. The summed E-state index contributed by atoms with van der Waals surface area (Å²) in [6, 6.07) is 20.9. The van der Waals surface area contributed by atoms with E-state index >= 15 is 0 Å². The molecule has 0 aliphatic carbocycles. The predicted molar refractivity (Wildman–Crippen MR) is 130 cm³/mol. The van der Waals surface area contributed by atoms with Gasteiger partial charge in [-0.25, -0.2) is 4.98 Å². The van der Waals surface area contributed by atoms with Crippen molar-refractivity contribution in [1.29, 1.82) is 0 Å². The molecule has 2 aromatic carbocycles. The van der Waals surface area contributed by atoms with Gasteiger partial charge in [0.05, 0.1) is 10.3 Å². The van der Waals surface area contributed by atoms with E-state index in [0.29, 0.717) is 21.8 Å². The number of hydrogen-bond donors (Lipinski definition) is 1. The first-order valence-corrected chi connectivity index (χ1v) is 11.5. The zero-order chi connectivity index (χ0) is 23.2. The van der Waals surface area contributed by atoms with Crippen LogP contribution in [0.5, 0.6) is 5.75 Å². The number of hydrogen-bond acceptors (Lipinski definition) is 6. The maximum Gasteiger partial charge on any atom is 0.238 e. The number of rotatable bonds is 8. The molecule has 1 unspecified atom stereocenters. The van der Waals surface area contributed by atoms with Gasteiger partial charge in [0.25, 0.3) is 0 Å². The number of anilines is 1. The number of halogens is 1. The Kier molecular flexibility index (Phi) is 7.26. The van der Waals surface area contributed by atoms with Crippen LogP contribution in [0.25, 0.3) is 5.69 Å². The van der Waals surface area contributed by atoms with Crippen LogP contribution < -0.4 is 10.1 Å². The molecular weight excluding hydrogens is 458 g/mol. The highest BCUT2D eigenvalue weighted by Gasteiger charge is 2.22. The molecule has 1 N–H and O–H groups in total. The molecule has 1 amide bonds. The largest absolute Gasteiger partial charge is 0.485 e. The molecule has 4 rings (SSSR count). The minimum atomic E-state index is -0.445. The quantitative estimate of drug-likeness (QED) is 0.344. The number of carbonyl (C=O) groups excluding carboxylic acids is 1. The standard InChI is InChI=1S/C24H22ClN5O2S/c1-16-8-6-7-11-20(16)32-15-22-28-29-24(30(22)19-9-4-3-5-10-19)33-17(2)23(31)27-21-13-12-18(25)14-26-21/h3-14,17H,15H2,1-2H3,(H,26,27,31). The van der Waals surface area contributed by atoms with E-state index in [9.17, 15) is 4.79 Å². The lowest BCUT2D eigenvalue weighted by molar-refractivity contribution is -0.115. The second kappa shape index (κ2) is 10.5. The van der Waals surface area contributed by atoms with Gasteiger partial charge in [-0.1, -0.05) is 59.8 Å². The SMILES string of the molecule is Cc1ccccc1OCc1nnc(SC(C)C(=O)Nc2ccc(Cl)cn2)n1-c1ccccc1. The Morgan fingerprint density at radius 2 is 1.85 bits per heavy atom. The van der Waals surface area contributed by atoms with Gasteiger partial charge in [0.15, 0.2) is 11.0 Å². The highest BCUT2D eigenvalue weighted by Crippen LogP contribution is 2.27. The first kappa shape index (κ1) is 22.8.